The minimum Gasteiger partial charge on any atom is -0.456 e. The van der Waals surface area contributed by atoms with Gasteiger partial charge < -0.3 is 15.4 Å². The number of carbonyl (C=O) groups excluding carboxylic acids is 2. The summed E-state index contributed by atoms with van der Waals surface area (Å²) in [6.07, 6.45) is 1.39. The smallest absolute Gasteiger partial charge is 0.306 e. The van der Waals surface area contributed by atoms with Crippen molar-refractivity contribution in [1.82, 2.24) is 19.6 Å². The summed E-state index contributed by atoms with van der Waals surface area (Å²) < 4.78 is 6.79. The fraction of sp³-hybridized carbons (Fsp3) is 0.350. The van der Waals surface area contributed by atoms with E-state index in [1.807, 2.05) is 38.1 Å². The molecule has 9 nitrogen and oxygen atoms in total. The van der Waals surface area contributed by atoms with Gasteiger partial charge in [-0.1, -0.05) is 18.2 Å². The summed E-state index contributed by atoms with van der Waals surface area (Å²) in [5.74, 6) is -0.0569. The Kier molecular flexibility index (Phi) is 4.87. The lowest BCUT2D eigenvalue weighted by Gasteiger charge is -2.17. The van der Waals surface area contributed by atoms with Crippen LogP contribution in [-0.4, -0.2) is 44.6 Å². The molecule has 4 rings (SSSR count). The minimum atomic E-state index is -0.428. The fourth-order valence-corrected chi connectivity index (χ4v) is 3.70. The highest BCUT2D eigenvalue weighted by Gasteiger charge is 2.25. The molecule has 1 amide bonds. The number of esters is 1. The van der Waals surface area contributed by atoms with Crippen LogP contribution in [-0.2, 0) is 27.2 Å². The van der Waals surface area contributed by atoms with Crippen LogP contribution in [0.25, 0.3) is 5.78 Å². The summed E-state index contributed by atoms with van der Waals surface area (Å²) >= 11 is 0. The zero-order chi connectivity index (χ0) is 20.5. The number of anilines is 2. The number of fused-ring (bicyclic) bond motifs is 2. The lowest BCUT2D eigenvalue weighted by atomic mass is 10.1. The molecule has 0 saturated carbocycles. The van der Waals surface area contributed by atoms with Crippen LogP contribution in [0.2, 0.25) is 0 Å². The van der Waals surface area contributed by atoms with Gasteiger partial charge in [0.15, 0.2) is 6.61 Å². The van der Waals surface area contributed by atoms with E-state index in [-0.39, 0.29) is 24.9 Å². The SMILES string of the molecule is Cc1nc2nc(N)nn2c(C)c1CCC(=O)OCC(=O)N1CCc2ccccc21. The average Bonchev–Trinajstić information content (AvgIpc) is 3.29. The predicted octanol–water partition coefficient (Wildman–Crippen LogP) is 1.39. The number of aromatic nitrogens is 4. The molecule has 0 bridgehead atoms. The first-order valence-corrected chi connectivity index (χ1v) is 9.46. The van der Waals surface area contributed by atoms with Crippen LogP contribution in [0.15, 0.2) is 24.3 Å². The number of hydrogen-bond donors (Lipinski definition) is 1. The second kappa shape index (κ2) is 7.50. The minimum absolute atomic E-state index is 0.142. The highest BCUT2D eigenvalue weighted by Crippen LogP contribution is 2.27. The fourth-order valence-electron chi connectivity index (χ4n) is 3.70. The zero-order valence-electron chi connectivity index (χ0n) is 16.4. The Morgan fingerprint density at radius 3 is 2.83 bits per heavy atom. The van der Waals surface area contributed by atoms with Crippen molar-refractivity contribution in [2.24, 2.45) is 0 Å². The van der Waals surface area contributed by atoms with Gasteiger partial charge in [-0.2, -0.15) is 9.50 Å². The van der Waals surface area contributed by atoms with Crippen LogP contribution in [0, 0.1) is 13.8 Å². The van der Waals surface area contributed by atoms with Crippen LogP contribution in [0.5, 0.6) is 0 Å². The Balaban J connectivity index is 1.35. The van der Waals surface area contributed by atoms with Crippen molar-refractivity contribution >= 4 is 29.3 Å². The number of aryl methyl sites for hydroxylation is 2. The molecule has 1 aliphatic rings. The van der Waals surface area contributed by atoms with Gasteiger partial charge in [0, 0.05) is 30.0 Å². The monoisotopic (exact) mass is 394 g/mol. The number of ether oxygens (including phenoxy) is 1. The highest BCUT2D eigenvalue weighted by atomic mass is 16.5. The van der Waals surface area contributed by atoms with E-state index in [9.17, 15) is 9.59 Å². The quantitative estimate of drug-likeness (QED) is 0.650. The molecule has 0 aliphatic carbocycles. The standard InChI is InChI=1S/C20H22N6O3/c1-12-15(13(2)26-20(22-12)23-19(21)24-26)7-8-18(28)29-11-17(27)25-10-9-14-5-3-4-6-16(14)25/h3-6H,7-11H2,1-2H3,(H2,21,24). The van der Waals surface area contributed by atoms with Gasteiger partial charge in [0.05, 0.1) is 0 Å². The molecule has 29 heavy (non-hydrogen) atoms. The Morgan fingerprint density at radius 1 is 1.21 bits per heavy atom. The largest absolute Gasteiger partial charge is 0.456 e. The first kappa shape index (κ1) is 18.9. The summed E-state index contributed by atoms with van der Waals surface area (Å²) in [6.45, 7) is 4.08. The first-order valence-electron chi connectivity index (χ1n) is 9.46. The average molecular weight is 394 g/mol. The summed E-state index contributed by atoms with van der Waals surface area (Å²) in [5.41, 5.74) is 10.1. The van der Waals surface area contributed by atoms with Gasteiger partial charge >= 0.3 is 5.97 Å². The Hall–Kier alpha value is -3.49. The molecule has 2 aromatic heterocycles. The van der Waals surface area contributed by atoms with Crippen molar-refractivity contribution in [2.45, 2.75) is 33.1 Å². The van der Waals surface area contributed by atoms with E-state index in [2.05, 4.69) is 15.1 Å². The summed E-state index contributed by atoms with van der Waals surface area (Å²) in [5, 5.41) is 4.12. The van der Waals surface area contributed by atoms with E-state index in [0.29, 0.717) is 18.7 Å². The van der Waals surface area contributed by atoms with Gasteiger partial charge in [0.25, 0.3) is 11.7 Å². The molecule has 0 atom stereocenters. The number of nitrogen functional groups attached to an aromatic ring is 1. The van der Waals surface area contributed by atoms with Crippen LogP contribution in [0.1, 0.15) is 28.9 Å². The molecule has 2 N–H and O–H groups in total. The molecule has 1 aliphatic heterocycles. The first-order chi connectivity index (χ1) is 13.9. The number of nitrogens with two attached hydrogens (primary N) is 1. The third-order valence-electron chi connectivity index (χ3n) is 5.19. The molecule has 3 heterocycles. The second-order valence-electron chi connectivity index (χ2n) is 7.03. The molecule has 3 aromatic rings. The normalized spacial score (nSPS) is 13.0. The van der Waals surface area contributed by atoms with E-state index in [1.165, 1.54) is 0 Å². The lowest BCUT2D eigenvalue weighted by Crippen LogP contribution is -2.33. The number of para-hydroxylation sites is 1. The van der Waals surface area contributed by atoms with Crippen LogP contribution >= 0.6 is 0 Å². The van der Waals surface area contributed by atoms with E-state index in [4.69, 9.17) is 10.5 Å². The van der Waals surface area contributed by atoms with E-state index in [0.717, 1.165) is 34.6 Å². The van der Waals surface area contributed by atoms with Crippen molar-refractivity contribution in [1.29, 1.82) is 0 Å². The summed E-state index contributed by atoms with van der Waals surface area (Å²) in [4.78, 5) is 34.8. The molecule has 0 spiro atoms. The van der Waals surface area contributed by atoms with Gasteiger partial charge in [0.1, 0.15) is 0 Å². The number of rotatable bonds is 5. The van der Waals surface area contributed by atoms with Gasteiger partial charge in [-0.3, -0.25) is 9.59 Å². The molecule has 0 unspecified atom stereocenters. The molecule has 0 radical (unpaired) electrons. The summed E-state index contributed by atoms with van der Waals surface area (Å²) in [7, 11) is 0. The molecule has 150 valence electrons. The van der Waals surface area contributed by atoms with Crippen molar-refractivity contribution in [3.63, 3.8) is 0 Å². The summed E-state index contributed by atoms with van der Waals surface area (Å²) in [6, 6.07) is 7.77. The molecule has 9 heteroatoms. The van der Waals surface area contributed by atoms with Gasteiger partial charge in [0.2, 0.25) is 5.95 Å². The predicted molar refractivity (Wildman–Crippen MR) is 106 cm³/mol. The molecule has 0 saturated heterocycles. The maximum atomic E-state index is 12.5. The third-order valence-corrected chi connectivity index (χ3v) is 5.19. The second-order valence-corrected chi connectivity index (χ2v) is 7.03. The van der Waals surface area contributed by atoms with E-state index in [1.54, 1.807) is 9.42 Å². The van der Waals surface area contributed by atoms with Gasteiger partial charge in [-0.15, -0.1) is 5.10 Å². The van der Waals surface area contributed by atoms with Crippen molar-refractivity contribution in [2.75, 3.05) is 23.8 Å². The Labute approximate surface area is 167 Å². The maximum Gasteiger partial charge on any atom is 0.306 e. The number of amides is 1. The molecule has 0 fully saturated rings. The maximum absolute atomic E-state index is 12.5. The topological polar surface area (TPSA) is 116 Å². The Bertz CT molecular complexity index is 1110. The van der Waals surface area contributed by atoms with Gasteiger partial charge in [-0.25, -0.2) is 4.98 Å². The van der Waals surface area contributed by atoms with Gasteiger partial charge in [-0.05, 0) is 43.9 Å². The number of carbonyl (C=O) groups is 2. The van der Waals surface area contributed by atoms with E-state index < -0.39 is 5.97 Å². The zero-order valence-corrected chi connectivity index (χ0v) is 16.4. The highest BCUT2D eigenvalue weighted by molar-refractivity contribution is 5.97. The van der Waals surface area contributed by atoms with Crippen molar-refractivity contribution < 1.29 is 14.3 Å². The molecule has 1 aromatic carbocycles. The van der Waals surface area contributed by atoms with E-state index >= 15 is 0 Å². The number of benzene rings is 1. The third kappa shape index (κ3) is 3.63. The number of nitrogens with zero attached hydrogens (tertiary/aromatic N) is 5. The molecular weight excluding hydrogens is 372 g/mol. The van der Waals surface area contributed by atoms with Crippen molar-refractivity contribution in [3.8, 4) is 0 Å². The van der Waals surface area contributed by atoms with Crippen LogP contribution in [0.4, 0.5) is 11.6 Å². The van der Waals surface area contributed by atoms with Crippen molar-refractivity contribution in [3.05, 3.63) is 46.8 Å². The lowest BCUT2D eigenvalue weighted by molar-refractivity contribution is -0.147. The Morgan fingerprint density at radius 2 is 2.00 bits per heavy atom. The number of hydrogen-bond acceptors (Lipinski definition) is 7. The van der Waals surface area contributed by atoms with Crippen LogP contribution < -0.4 is 10.6 Å². The molecular formula is C20H22N6O3. The van der Waals surface area contributed by atoms with Crippen LogP contribution in [0.3, 0.4) is 0 Å².